The molecule has 0 bridgehead atoms. The van der Waals surface area contributed by atoms with E-state index in [0.717, 1.165) is 28.7 Å². The third kappa shape index (κ3) is 1.88. The monoisotopic (exact) mass is 231 g/mol. The molecule has 0 aliphatic heterocycles. The van der Waals surface area contributed by atoms with Crippen LogP contribution >= 0.6 is 0 Å². The Morgan fingerprint density at radius 2 is 2.06 bits per heavy atom. The Balaban J connectivity index is 1.91. The van der Waals surface area contributed by atoms with E-state index in [1.807, 2.05) is 19.9 Å². The number of aryl methyl sites for hydroxylation is 2. The summed E-state index contributed by atoms with van der Waals surface area (Å²) in [6, 6.07) is 2.00. The van der Waals surface area contributed by atoms with E-state index in [0.29, 0.717) is 5.92 Å². The van der Waals surface area contributed by atoms with Gasteiger partial charge in [0.1, 0.15) is 17.3 Å². The zero-order valence-corrected chi connectivity index (χ0v) is 10.3. The quantitative estimate of drug-likeness (QED) is 0.862. The van der Waals surface area contributed by atoms with Crippen molar-refractivity contribution in [3.05, 3.63) is 23.4 Å². The number of furan rings is 1. The van der Waals surface area contributed by atoms with Crippen LogP contribution in [-0.4, -0.2) is 15.2 Å². The lowest BCUT2D eigenvalue weighted by Crippen LogP contribution is -1.94. The Hall–Kier alpha value is -1.58. The highest BCUT2D eigenvalue weighted by atomic mass is 16.3. The molecule has 1 N–H and O–H groups in total. The van der Waals surface area contributed by atoms with Gasteiger partial charge in [0, 0.05) is 5.92 Å². The number of aromatic nitrogens is 3. The fourth-order valence-corrected chi connectivity index (χ4v) is 2.63. The molecule has 3 rings (SSSR count). The molecular formula is C13H17N3O. The summed E-state index contributed by atoms with van der Waals surface area (Å²) in [7, 11) is 0. The summed E-state index contributed by atoms with van der Waals surface area (Å²) >= 11 is 0. The minimum absolute atomic E-state index is 0.574. The third-order valence-electron chi connectivity index (χ3n) is 3.53. The van der Waals surface area contributed by atoms with Gasteiger partial charge >= 0.3 is 0 Å². The van der Waals surface area contributed by atoms with E-state index in [4.69, 9.17) is 4.42 Å². The summed E-state index contributed by atoms with van der Waals surface area (Å²) in [5.41, 5.74) is 1.00. The number of hydrogen-bond acceptors (Lipinski definition) is 3. The molecule has 1 aliphatic carbocycles. The molecular weight excluding hydrogens is 214 g/mol. The summed E-state index contributed by atoms with van der Waals surface area (Å²) in [5.74, 6) is 4.17. The molecule has 0 unspecified atom stereocenters. The highest BCUT2D eigenvalue weighted by Gasteiger charge is 2.21. The van der Waals surface area contributed by atoms with Crippen LogP contribution in [0.2, 0.25) is 0 Å². The maximum atomic E-state index is 5.51. The fraction of sp³-hybridized carbons (Fsp3) is 0.538. The minimum Gasteiger partial charge on any atom is -0.466 e. The molecule has 1 aliphatic rings. The van der Waals surface area contributed by atoms with Crippen LogP contribution in [0.1, 0.15) is 48.9 Å². The number of hydrogen-bond donors (Lipinski definition) is 1. The summed E-state index contributed by atoms with van der Waals surface area (Å²) in [5, 5.41) is 7.39. The first-order valence-electron chi connectivity index (χ1n) is 6.24. The SMILES string of the molecule is Cc1cc(-c2n[nH]c(C3CCCC3)n2)c(C)o1. The van der Waals surface area contributed by atoms with E-state index >= 15 is 0 Å². The van der Waals surface area contributed by atoms with Crippen LogP contribution < -0.4 is 0 Å². The summed E-state index contributed by atoms with van der Waals surface area (Å²) < 4.78 is 5.51. The van der Waals surface area contributed by atoms with Gasteiger partial charge in [-0.25, -0.2) is 4.98 Å². The molecule has 0 amide bonds. The fourth-order valence-electron chi connectivity index (χ4n) is 2.63. The average molecular weight is 231 g/mol. The Morgan fingerprint density at radius 3 is 2.71 bits per heavy atom. The van der Waals surface area contributed by atoms with Gasteiger partial charge in [0.15, 0.2) is 5.82 Å². The second-order valence-corrected chi connectivity index (χ2v) is 4.85. The van der Waals surface area contributed by atoms with Crippen molar-refractivity contribution >= 4 is 0 Å². The Kier molecular flexibility index (Phi) is 2.50. The third-order valence-corrected chi connectivity index (χ3v) is 3.53. The van der Waals surface area contributed by atoms with Crippen LogP contribution in [-0.2, 0) is 0 Å². The van der Waals surface area contributed by atoms with Crippen LogP contribution in [0.15, 0.2) is 10.5 Å². The minimum atomic E-state index is 0.574. The van der Waals surface area contributed by atoms with Crippen molar-refractivity contribution in [3.63, 3.8) is 0 Å². The van der Waals surface area contributed by atoms with E-state index in [-0.39, 0.29) is 0 Å². The normalized spacial score (nSPS) is 16.8. The van der Waals surface area contributed by atoms with Crippen LogP contribution in [0.25, 0.3) is 11.4 Å². The maximum absolute atomic E-state index is 5.51. The smallest absolute Gasteiger partial charge is 0.184 e. The van der Waals surface area contributed by atoms with E-state index < -0.39 is 0 Å². The van der Waals surface area contributed by atoms with Gasteiger partial charge in [0.2, 0.25) is 0 Å². The zero-order valence-electron chi connectivity index (χ0n) is 10.3. The number of aromatic amines is 1. The molecule has 1 fully saturated rings. The van der Waals surface area contributed by atoms with Crippen molar-refractivity contribution in [1.29, 1.82) is 0 Å². The van der Waals surface area contributed by atoms with Crippen LogP contribution in [0.4, 0.5) is 0 Å². The van der Waals surface area contributed by atoms with Gasteiger partial charge in [0.05, 0.1) is 5.56 Å². The molecule has 0 atom stereocenters. The lowest BCUT2D eigenvalue weighted by atomic mass is 10.1. The van der Waals surface area contributed by atoms with Gasteiger partial charge in [-0.1, -0.05) is 12.8 Å². The first-order chi connectivity index (χ1) is 8.24. The van der Waals surface area contributed by atoms with Gasteiger partial charge in [0.25, 0.3) is 0 Å². The molecule has 0 aromatic carbocycles. The van der Waals surface area contributed by atoms with Gasteiger partial charge in [-0.05, 0) is 32.8 Å². The average Bonchev–Trinajstić information content (AvgIpc) is 2.97. The molecule has 4 nitrogen and oxygen atoms in total. The summed E-state index contributed by atoms with van der Waals surface area (Å²) in [4.78, 5) is 4.61. The first-order valence-corrected chi connectivity index (χ1v) is 6.24. The molecule has 1 saturated carbocycles. The highest BCUT2D eigenvalue weighted by Crippen LogP contribution is 2.33. The maximum Gasteiger partial charge on any atom is 0.184 e. The van der Waals surface area contributed by atoms with E-state index in [2.05, 4.69) is 15.2 Å². The van der Waals surface area contributed by atoms with Crippen LogP contribution in [0.3, 0.4) is 0 Å². The largest absolute Gasteiger partial charge is 0.466 e. The van der Waals surface area contributed by atoms with Crippen molar-refractivity contribution in [2.24, 2.45) is 0 Å². The van der Waals surface area contributed by atoms with Gasteiger partial charge in [-0.2, -0.15) is 5.10 Å². The van der Waals surface area contributed by atoms with Crippen molar-refractivity contribution in [2.75, 3.05) is 0 Å². The van der Waals surface area contributed by atoms with E-state index in [1.54, 1.807) is 0 Å². The second-order valence-electron chi connectivity index (χ2n) is 4.85. The first kappa shape index (κ1) is 10.6. The molecule has 0 radical (unpaired) electrons. The molecule has 0 spiro atoms. The number of nitrogens with one attached hydrogen (secondary N) is 1. The molecule has 4 heteroatoms. The summed E-state index contributed by atoms with van der Waals surface area (Å²) in [6.45, 7) is 3.90. The van der Waals surface area contributed by atoms with Gasteiger partial charge in [-0.3, -0.25) is 5.10 Å². The summed E-state index contributed by atoms with van der Waals surface area (Å²) in [6.07, 6.45) is 5.09. The zero-order chi connectivity index (χ0) is 11.8. The Bertz CT molecular complexity index is 521. The lowest BCUT2D eigenvalue weighted by molar-refractivity contribution is 0.505. The number of rotatable bonds is 2. The van der Waals surface area contributed by atoms with Crippen molar-refractivity contribution < 1.29 is 4.42 Å². The van der Waals surface area contributed by atoms with Gasteiger partial charge < -0.3 is 4.42 Å². The van der Waals surface area contributed by atoms with Crippen molar-refractivity contribution in [1.82, 2.24) is 15.2 Å². The lowest BCUT2D eigenvalue weighted by Gasteiger charge is -2.01. The molecule has 90 valence electrons. The van der Waals surface area contributed by atoms with Crippen LogP contribution in [0, 0.1) is 13.8 Å². The van der Waals surface area contributed by atoms with Crippen molar-refractivity contribution in [3.8, 4) is 11.4 Å². The highest BCUT2D eigenvalue weighted by molar-refractivity contribution is 5.57. The van der Waals surface area contributed by atoms with Crippen molar-refractivity contribution in [2.45, 2.75) is 45.4 Å². The second kappa shape index (κ2) is 4.02. The predicted octanol–water partition coefficient (Wildman–Crippen LogP) is 3.34. The number of nitrogens with zero attached hydrogens (tertiary/aromatic N) is 2. The van der Waals surface area contributed by atoms with E-state index in [1.165, 1.54) is 25.7 Å². The molecule has 17 heavy (non-hydrogen) atoms. The molecule has 0 saturated heterocycles. The standard InChI is InChI=1S/C13H17N3O/c1-8-7-11(9(2)17-8)13-14-12(15-16-13)10-5-3-4-6-10/h7,10H,3-6H2,1-2H3,(H,14,15,16). The molecule has 2 aromatic heterocycles. The van der Waals surface area contributed by atoms with E-state index in [9.17, 15) is 0 Å². The Labute approximate surface area is 100 Å². The van der Waals surface area contributed by atoms with Gasteiger partial charge in [-0.15, -0.1) is 0 Å². The predicted molar refractivity (Wildman–Crippen MR) is 64.8 cm³/mol. The Morgan fingerprint density at radius 1 is 1.29 bits per heavy atom. The molecule has 2 aromatic rings. The molecule has 2 heterocycles. The topological polar surface area (TPSA) is 54.7 Å². The van der Waals surface area contributed by atoms with Crippen LogP contribution in [0.5, 0.6) is 0 Å². The number of H-pyrrole nitrogens is 1.